The van der Waals surface area contributed by atoms with Crippen LogP contribution in [-0.2, 0) is 11.3 Å². The van der Waals surface area contributed by atoms with Crippen molar-refractivity contribution in [3.05, 3.63) is 23.8 Å². The number of phenolic OH excluding ortho intramolecular Hbond substituents is 1. The van der Waals surface area contributed by atoms with Crippen LogP contribution in [0.15, 0.2) is 18.2 Å². The molecule has 1 amide bonds. The van der Waals surface area contributed by atoms with E-state index in [1.54, 1.807) is 12.1 Å². The van der Waals surface area contributed by atoms with E-state index in [9.17, 15) is 9.90 Å². The van der Waals surface area contributed by atoms with E-state index in [-0.39, 0.29) is 24.1 Å². The van der Waals surface area contributed by atoms with Crippen molar-refractivity contribution in [1.82, 2.24) is 5.32 Å². The van der Waals surface area contributed by atoms with Crippen molar-refractivity contribution in [2.75, 3.05) is 7.11 Å². The molecule has 4 N–H and O–H groups in total. The number of carbonyl (C=O) groups is 1. The van der Waals surface area contributed by atoms with Crippen LogP contribution in [0, 0.1) is 5.92 Å². The van der Waals surface area contributed by atoms with Gasteiger partial charge in [0, 0.05) is 18.2 Å². The van der Waals surface area contributed by atoms with Gasteiger partial charge in [-0.3, -0.25) is 4.79 Å². The molecule has 0 aromatic heterocycles. The van der Waals surface area contributed by atoms with E-state index >= 15 is 0 Å². The molecule has 0 spiro atoms. The predicted octanol–water partition coefficient (Wildman–Crippen LogP) is 1.00. The number of ether oxygens (including phenoxy) is 1. The fraction of sp³-hybridized carbons (Fsp3) is 0.462. The second-order valence-corrected chi connectivity index (χ2v) is 4.48. The Morgan fingerprint density at radius 1 is 1.50 bits per heavy atom. The van der Waals surface area contributed by atoms with Gasteiger partial charge in [0.15, 0.2) is 0 Å². The van der Waals surface area contributed by atoms with Crippen LogP contribution in [-0.4, -0.2) is 24.2 Å². The number of aromatic hydroxyl groups is 1. The summed E-state index contributed by atoms with van der Waals surface area (Å²) in [6, 6.07) is 4.40. The Morgan fingerprint density at radius 3 is 2.67 bits per heavy atom. The normalized spacial score (nSPS) is 12.3. The molecule has 18 heavy (non-hydrogen) atoms. The lowest BCUT2D eigenvalue weighted by molar-refractivity contribution is -0.123. The average molecular weight is 252 g/mol. The first-order valence-electron chi connectivity index (χ1n) is 5.85. The molecule has 1 aromatic carbocycles. The zero-order valence-electron chi connectivity index (χ0n) is 10.9. The molecule has 1 aromatic rings. The lowest BCUT2D eigenvalue weighted by atomic mass is 10.0. The van der Waals surface area contributed by atoms with Gasteiger partial charge in [0.2, 0.25) is 5.91 Å². The molecule has 100 valence electrons. The summed E-state index contributed by atoms with van der Waals surface area (Å²) in [7, 11) is 1.53. The van der Waals surface area contributed by atoms with Gasteiger partial charge in [0.05, 0.1) is 13.2 Å². The molecule has 0 unspecified atom stereocenters. The molecule has 0 aliphatic heterocycles. The molecule has 5 heteroatoms. The highest BCUT2D eigenvalue weighted by Gasteiger charge is 2.17. The van der Waals surface area contributed by atoms with Crippen LogP contribution in [0.5, 0.6) is 11.5 Å². The van der Waals surface area contributed by atoms with Gasteiger partial charge < -0.3 is 20.9 Å². The van der Waals surface area contributed by atoms with Gasteiger partial charge in [0.1, 0.15) is 11.5 Å². The smallest absolute Gasteiger partial charge is 0.237 e. The second-order valence-electron chi connectivity index (χ2n) is 4.48. The van der Waals surface area contributed by atoms with Crippen LogP contribution in [0.3, 0.4) is 0 Å². The van der Waals surface area contributed by atoms with Gasteiger partial charge in [-0.25, -0.2) is 0 Å². The Labute approximate surface area is 107 Å². The van der Waals surface area contributed by atoms with Crippen LogP contribution in [0.1, 0.15) is 19.4 Å². The standard InChI is InChI=1S/C13H20N2O3/c1-8(2)12(14)13(17)15-7-9-4-5-10(18-3)6-11(9)16/h4-6,8,12,16H,7,14H2,1-3H3,(H,15,17)/t12-/m0/s1. The molecular formula is C13H20N2O3. The lowest BCUT2D eigenvalue weighted by Gasteiger charge is -2.15. The topological polar surface area (TPSA) is 84.6 Å². The number of rotatable bonds is 5. The van der Waals surface area contributed by atoms with Crippen LogP contribution < -0.4 is 15.8 Å². The molecule has 0 aliphatic rings. The second kappa shape index (κ2) is 6.26. The van der Waals surface area contributed by atoms with Crippen molar-refractivity contribution in [3.8, 4) is 11.5 Å². The number of phenols is 1. The van der Waals surface area contributed by atoms with Crippen LogP contribution >= 0.6 is 0 Å². The Morgan fingerprint density at radius 2 is 2.17 bits per heavy atom. The quantitative estimate of drug-likeness (QED) is 0.730. The Balaban J connectivity index is 2.61. The van der Waals surface area contributed by atoms with Crippen molar-refractivity contribution >= 4 is 5.91 Å². The fourth-order valence-electron chi connectivity index (χ4n) is 1.42. The first kappa shape index (κ1) is 14.3. The molecule has 5 nitrogen and oxygen atoms in total. The largest absolute Gasteiger partial charge is 0.507 e. The molecule has 0 saturated carbocycles. The van der Waals surface area contributed by atoms with E-state index < -0.39 is 6.04 Å². The van der Waals surface area contributed by atoms with E-state index in [4.69, 9.17) is 10.5 Å². The molecule has 0 fully saturated rings. The highest BCUT2D eigenvalue weighted by Crippen LogP contribution is 2.23. The average Bonchev–Trinajstić information content (AvgIpc) is 2.35. The minimum absolute atomic E-state index is 0.0782. The third-order valence-corrected chi connectivity index (χ3v) is 2.77. The maximum Gasteiger partial charge on any atom is 0.237 e. The van der Waals surface area contributed by atoms with Crippen molar-refractivity contribution in [3.63, 3.8) is 0 Å². The molecule has 1 rings (SSSR count). The molecule has 0 heterocycles. The van der Waals surface area contributed by atoms with Gasteiger partial charge in [-0.05, 0) is 18.1 Å². The van der Waals surface area contributed by atoms with Crippen molar-refractivity contribution in [1.29, 1.82) is 0 Å². The van der Waals surface area contributed by atoms with Crippen LogP contribution in [0.25, 0.3) is 0 Å². The number of benzene rings is 1. The van der Waals surface area contributed by atoms with E-state index in [0.717, 1.165) is 0 Å². The minimum atomic E-state index is -0.537. The summed E-state index contributed by atoms with van der Waals surface area (Å²) in [6.45, 7) is 4.01. The maximum atomic E-state index is 11.6. The summed E-state index contributed by atoms with van der Waals surface area (Å²) in [6.07, 6.45) is 0. The minimum Gasteiger partial charge on any atom is -0.507 e. The zero-order chi connectivity index (χ0) is 13.7. The zero-order valence-corrected chi connectivity index (χ0v) is 10.9. The first-order valence-corrected chi connectivity index (χ1v) is 5.85. The predicted molar refractivity (Wildman–Crippen MR) is 69.3 cm³/mol. The van der Waals surface area contributed by atoms with E-state index in [0.29, 0.717) is 11.3 Å². The van der Waals surface area contributed by atoms with E-state index in [2.05, 4.69) is 5.32 Å². The highest BCUT2D eigenvalue weighted by atomic mass is 16.5. The fourth-order valence-corrected chi connectivity index (χ4v) is 1.42. The Bertz CT molecular complexity index is 419. The third kappa shape index (κ3) is 3.63. The van der Waals surface area contributed by atoms with Gasteiger partial charge in [-0.2, -0.15) is 0 Å². The monoisotopic (exact) mass is 252 g/mol. The number of hydrogen-bond donors (Lipinski definition) is 3. The number of hydrogen-bond acceptors (Lipinski definition) is 4. The van der Waals surface area contributed by atoms with E-state index in [1.807, 2.05) is 13.8 Å². The van der Waals surface area contributed by atoms with Crippen LogP contribution in [0.2, 0.25) is 0 Å². The number of methoxy groups -OCH3 is 1. The summed E-state index contributed by atoms with van der Waals surface area (Å²) in [4.78, 5) is 11.6. The molecule has 0 aliphatic carbocycles. The number of nitrogens with one attached hydrogen (secondary N) is 1. The lowest BCUT2D eigenvalue weighted by Crippen LogP contribution is -2.43. The molecule has 0 bridgehead atoms. The maximum absolute atomic E-state index is 11.6. The number of nitrogens with two attached hydrogens (primary N) is 1. The summed E-state index contributed by atoms with van der Waals surface area (Å²) in [5.74, 6) is 0.518. The van der Waals surface area contributed by atoms with Crippen LogP contribution in [0.4, 0.5) is 0 Å². The number of amides is 1. The Kier molecular flexibility index (Phi) is 4.97. The molecule has 1 atom stereocenters. The third-order valence-electron chi connectivity index (χ3n) is 2.77. The molecule has 0 radical (unpaired) electrons. The summed E-state index contributed by atoms with van der Waals surface area (Å²) in [5.41, 5.74) is 6.34. The SMILES string of the molecule is COc1ccc(CNC(=O)[C@@H](N)C(C)C)c(O)c1. The first-order chi connectivity index (χ1) is 8.45. The Hall–Kier alpha value is -1.75. The van der Waals surface area contributed by atoms with Gasteiger partial charge in [-0.15, -0.1) is 0 Å². The summed E-state index contributed by atoms with van der Waals surface area (Å²) in [5, 5.41) is 12.4. The molecule has 0 saturated heterocycles. The van der Waals surface area contributed by atoms with Crippen molar-refractivity contribution in [2.45, 2.75) is 26.4 Å². The number of carbonyl (C=O) groups excluding carboxylic acids is 1. The van der Waals surface area contributed by atoms with Crippen molar-refractivity contribution in [2.24, 2.45) is 11.7 Å². The summed E-state index contributed by atoms with van der Waals surface area (Å²) >= 11 is 0. The van der Waals surface area contributed by atoms with E-state index in [1.165, 1.54) is 13.2 Å². The molecular weight excluding hydrogens is 232 g/mol. The van der Waals surface area contributed by atoms with Gasteiger partial charge >= 0.3 is 0 Å². The van der Waals surface area contributed by atoms with Crippen molar-refractivity contribution < 1.29 is 14.6 Å². The highest BCUT2D eigenvalue weighted by molar-refractivity contribution is 5.81. The summed E-state index contributed by atoms with van der Waals surface area (Å²) < 4.78 is 4.98. The van der Waals surface area contributed by atoms with Gasteiger partial charge in [-0.1, -0.05) is 13.8 Å². The van der Waals surface area contributed by atoms with Gasteiger partial charge in [0.25, 0.3) is 0 Å².